The number of carbonyl (C=O) groups excluding carboxylic acids is 2. The average molecular weight is 394 g/mol. The van der Waals surface area contributed by atoms with Crippen LogP contribution in [0.15, 0.2) is 46.9 Å². The van der Waals surface area contributed by atoms with Gasteiger partial charge < -0.3 is 9.47 Å². The number of nitrogens with zero attached hydrogens (tertiary/aromatic N) is 1. The van der Waals surface area contributed by atoms with Crippen LogP contribution in [0.4, 0.5) is 5.69 Å². The molecule has 0 saturated carbocycles. The number of methoxy groups -OCH3 is 1. The molecule has 2 rings (SSSR count). The third-order valence-electron chi connectivity index (χ3n) is 3.11. The SMILES string of the molecule is COc1ccc(C(=O)COC(=O)c2ccc(Br)cc2)cc1[N+](=O)[O-]. The number of rotatable bonds is 6. The average Bonchev–Trinajstić information content (AvgIpc) is 2.59. The van der Waals surface area contributed by atoms with Gasteiger partial charge in [-0.2, -0.15) is 0 Å². The molecule has 0 fully saturated rings. The number of ketones is 1. The number of hydrogen-bond acceptors (Lipinski definition) is 6. The van der Waals surface area contributed by atoms with Gasteiger partial charge in [0.1, 0.15) is 0 Å². The van der Waals surface area contributed by atoms with Crippen molar-refractivity contribution in [3.05, 3.63) is 68.2 Å². The number of hydrogen-bond donors (Lipinski definition) is 0. The third kappa shape index (κ3) is 4.17. The molecule has 8 heteroatoms. The Bertz CT molecular complexity index is 788. The van der Waals surface area contributed by atoms with Crippen LogP contribution in [-0.2, 0) is 4.74 Å². The summed E-state index contributed by atoms with van der Waals surface area (Å²) < 4.78 is 10.6. The lowest BCUT2D eigenvalue weighted by molar-refractivity contribution is -0.385. The first-order valence-electron chi connectivity index (χ1n) is 6.70. The van der Waals surface area contributed by atoms with Gasteiger partial charge in [-0.15, -0.1) is 0 Å². The Morgan fingerprint density at radius 2 is 1.75 bits per heavy atom. The lowest BCUT2D eigenvalue weighted by Gasteiger charge is -2.06. The van der Waals surface area contributed by atoms with Gasteiger partial charge in [0.2, 0.25) is 5.78 Å². The fourth-order valence-corrected chi connectivity index (χ4v) is 2.15. The summed E-state index contributed by atoms with van der Waals surface area (Å²) >= 11 is 3.25. The lowest BCUT2D eigenvalue weighted by Crippen LogP contribution is -2.14. The second-order valence-corrected chi connectivity index (χ2v) is 5.57. The molecule has 0 N–H and O–H groups in total. The second kappa shape index (κ2) is 7.69. The molecule has 0 atom stereocenters. The number of carbonyl (C=O) groups is 2. The second-order valence-electron chi connectivity index (χ2n) is 4.65. The standard InChI is InChI=1S/C16H12BrNO6/c1-23-15-7-4-11(8-13(15)18(21)22)14(19)9-24-16(20)10-2-5-12(17)6-3-10/h2-8H,9H2,1H3. The number of nitro benzene ring substituents is 1. The molecule has 0 amide bonds. The Balaban J connectivity index is 2.07. The maximum atomic E-state index is 12.1. The number of benzene rings is 2. The molecule has 0 saturated heterocycles. The molecule has 2 aromatic rings. The first kappa shape index (κ1) is 17.6. The molecule has 0 aliphatic rings. The monoisotopic (exact) mass is 393 g/mol. The first-order chi connectivity index (χ1) is 11.4. The Labute approximate surface area is 145 Å². The number of halogens is 1. The van der Waals surface area contributed by atoms with E-state index in [1.54, 1.807) is 24.3 Å². The van der Waals surface area contributed by atoms with Crippen LogP contribution in [0.3, 0.4) is 0 Å². The molecule has 0 aliphatic heterocycles. The fraction of sp³-hybridized carbons (Fsp3) is 0.125. The summed E-state index contributed by atoms with van der Waals surface area (Å²) in [4.78, 5) is 34.2. The zero-order valence-corrected chi connectivity index (χ0v) is 14.1. The highest BCUT2D eigenvalue weighted by Crippen LogP contribution is 2.27. The van der Waals surface area contributed by atoms with E-state index < -0.39 is 23.3 Å². The van der Waals surface area contributed by atoms with E-state index in [2.05, 4.69) is 15.9 Å². The molecular formula is C16H12BrNO6. The summed E-state index contributed by atoms with van der Waals surface area (Å²) in [6.07, 6.45) is 0. The topological polar surface area (TPSA) is 95.7 Å². The molecule has 0 heterocycles. The Kier molecular flexibility index (Phi) is 5.64. The quantitative estimate of drug-likeness (QED) is 0.323. The van der Waals surface area contributed by atoms with E-state index in [4.69, 9.17) is 9.47 Å². The van der Waals surface area contributed by atoms with Crippen molar-refractivity contribution in [3.8, 4) is 5.75 Å². The molecule has 0 spiro atoms. The summed E-state index contributed by atoms with van der Waals surface area (Å²) in [5.41, 5.74) is 0.0282. The van der Waals surface area contributed by atoms with E-state index in [1.807, 2.05) is 0 Å². The molecule has 124 valence electrons. The first-order valence-corrected chi connectivity index (χ1v) is 7.50. The minimum Gasteiger partial charge on any atom is -0.490 e. The highest BCUT2D eigenvalue weighted by atomic mass is 79.9. The molecule has 0 radical (unpaired) electrons. The summed E-state index contributed by atoms with van der Waals surface area (Å²) in [5, 5.41) is 11.0. The van der Waals surface area contributed by atoms with Crippen molar-refractivity contribution in [1.82, 2.24) is 0 Å². The van der Waals surface area contributed by atoms with E-state index in [-0.39, 0.29) is 17.0 Å². The molecule has 7 nitrogen and oxygen atoms in total. The van der Waals surface area contributed by atoms with Crippen LogP contribution < -0.4 is 4.74 Å². The Hall–Kier alpha value is -2.74. The molecule has 0 unspecified atom stereocenters. The summed E-state index contributed by atoms with van der Waals surface area (Å²) in [6.45, 7) is -0.515. The smallest absolute Gasteiger partial charge is 0.338 e. The van der Waals surface area contributed by atoms with E-state index in [9.17, 15) is 19.7 Å². The van der Waals surface area contributed by atoms with Gasteiger partial charge in [-0.25, -0.2) is 4.79 Å². The maximum Gasteiger partial charge on any atom is 0.338 e. The van der Waals surface area contributed by atoms with E-state index in [0.717, 1.165) is 10.5 Å². The van der Waals surface area contributed by atoms with Gasteiger partial charge in [-0.1, -0.05) is 15.9 Å². The predicted molar refractivity (Wildman–Crippen MR) is 88.4 cm³/mol. The summed E-state index contributed by atoms with van der Waals surface area (Å²) in [7, 11) is 1.30. The highest BCUT2D eigenvalue weighted by molar-refractivity contribution is 9.10. The van der Waals surface area contributed by atoms with Crippen LogP contribution in [0, 0.1) is 10.1 Å². The summed E-state index contributed by atoms with van der Waals surface area (Å²) in [5.74, 6) is -1.16. The van der Waals surface area contributed by atoms with Gasteiger partial charge in [0.25, 0.3) is 0 Å². The van der Waals surface area contributed by atoms with Crippen molar-refractivity contribution >= 4 is 33.4 Å². The van der Waals surface area contributed by atoms with E-state index in [1.165, 1.54) is 19.2 Å². The van der Waals surface area contributed by atoms with Crippen molar-refractivity contribution in [2.24, 2.45) is 0 Å². The number of ether oxygens (including phenoxy) is 2. The molecule has 0 aromatic heterocycles. The van der Waals surface area contributed by atoms with Crippen molar-refractivity contribution in [2.75, 3.05) is 13.7 Å². The summed E-state index contributed by atoms with van der Waals surface area (Å²) in [6, 6.07) is 10.2. The van der Waals surface area contributed by atoms with Gasteiger partial charge in [-0.05, 0) is 36.4 Å². The van der Waals surface area contributed by atoms with Crippen LogP contribution in [-0.4, -0.2) is 30.4 Å². The van der Waals surface area contributed by atoms with Gasteiger partial charge in [-0.3, -0.25) is 14.9 Å². The molecule has 2 aromatic carbocycles. The van der Waals surface area contributed by atoms with Crippen LogP contribution in [0.5, 0.6) is 5.75 Å². The van der Waals surface area contributed by atoms with Crippen molar-refractivity contribution < 1.29 is 24.0 Å². The Morgan fingerprint density at radius 1 is 1.12 bits per heavy atom. The Morgan fingerprint density at radius 3 is 2.33 bits per heavy atom. The van der Waals surface area contributed by atoms with Crippen molar-refractivity contribution in [2.45, 2.75) is 0 Å². The van der Waals surface area contributed by atoms with E-state index >= 15 is 0 Å². The van der Waals surface area contributed by atoms with Gasteiger partial charge in [0, 0.05) is 16.1 Å². The van der Waals surface area contributed by atoms with Crippen LogP contribution >= 0.6 is 15.9 Å². The van der Waals surface area contributed by atoms with Crippen LogP contribution in [0.1, 0.15) is 20.7 Å². The minimum atomic E-state index is -0.654. The minimum absolute atomic E-state index is 0.0448. The van der Waals surface area contributed by atoms with Crippen molar-refractivity contribution in [1.29, 1.82) is 0 Å². The van der Waals surface area contributed by atoms with Crippen LogP contribution in [0.2, 0.25) is 0 Å². The number of esters is 1. The molecular weight excluding hydrogens is 382 g/mol. The number of Topliss-reactive ketones (excluding diaryl/α,β-unsaturated/α-hetero) is 1. The van der Waals surface area contributed by atoms with E-state index in [0.29, 0.717) is 5.56 Å². The molecule has 0 aliphatic carbocycles. The predicted octanol–water partition coefficient (Wildman–Crippen LogP) is 3.41. The highest BCUT2D eigenvalue weighted by Gasteiger charge is 2.19. The molecule has 24 heavy (non-hydrogen) atoms. The third-order valence-corrected chi connectivity index (χ3v) is 3.64. The zero-order valence-electron chi connectivity index (χ0n) is 12.5. The maximum absolute atomic E-state index is 12.1. The zero-order chi connectivity index (χ0) is 17.7. The number of nitro groups is 1. The lowest BCUT2D eigenvalue weighted by atomic mass is 10.1. The molecule has 0 bridgehead atoms. The van der Waals surface area contributed by atoms with Crippen LogP contribution in [0.25, 0.3) is 0 Å². The fourth-order valence-electron chi connectivity index (χ4n) is 1.89. The largest absolute Gasteiger partial charge is 0.490 e. The van der Waals surface area contributed by atoms with Crippen molar-refractivity contribution in [3.63, 3.8) is 0 Å². The van der Waals surface area contributed by atoms with Gasteiger partial charge in [0.15, 0.2) is 12.4 Å². The van der Waals surface area contributed by atoms with Gasteiger partial charge in [0.05, 0.1) is 17.6 Å². The normalized spacial score (nSPS) is 10.1. The van der Waals surface area contributed by atoms with Gasteiger partial charge >= 0.3 is 11.7 Å².